The summed E-state index contributed by atoms with van der Waals surface area (Å²) in [6.07, 6.45) is 8.04. The quantitative estimate of drug-likeness (QED) is 0.307. The number of hydrogen-bond acceptors (Lipinski definition) is 8. The van der Waals surface area contributed by atoms with E-state index in [4.69, 9.17) is 0 Å². The Morgan fingerprint density at radius 1 is 1.14 bits per heavy atom. The molecular formula is C20H14F2N8O4S. The van der Waals surface area contributed by atoms with Gasteiger partial charge in [0.15, 0.2) is 5.65 Å². The fourth-order valence-electron chi connectivity index (χ4n) is 3.35. The molecule has 5 rings (SSSR count). The highest BCUT2D eigenvalue weighted by Gasteiger charge is 2.25. The average Bonchev–Trinajstić information content (AvgIpc) is 3.59. The highest BCUT2D eigenvalue weighted by molar-refractivity contribution is 7.91. The number of hydrogen-bond donors (Lipinski definition) is 3. The minimum Gasteiger partial charge on any atom is -0.434 e. The number of aromatic amines is 2. The number of rotatable bonds is 7. The predicted molar refractivity (Wildman–Crippen MR) is 116 cm³/mol. The number of anilines is 1. The Bertz CT molecular complexity index is 1630. The third-order valence-electron chi connectivity index (χ3n) is 4.93. The summed E-state index contributed by atoms with van der Waals surface area (Å²) < 4.78 is 58.0. The zero-order chi connectivity index (χ0) is 24.6. The van der Waals surface area contributed by atoms with Crippen LogP contribution in [0.3, 0.4) is 0 Å². The van der Waals surface area contributed by atoms with E-state index in [9.17, 15) is 22.0 Å². The van der Waals surface area contributed by atoms with Gasteiger partial charge in [-0.1, -0.05) is 0 Å². The number of sulfone groups is 1. The van der Waals surface area contributed by atoms with Crippen molar-refractivity contribution in [2.75, 3.05) is 5.32 Å². The smallest absolute Gasteiger partial charge is 0.387 e. The highest BCUT2D eigenvalue weighted by Crippen LogP contribution is 2.37. The molecule has 12 nitrogen and oxygen atoms in total. The largest absolute Gasteiger partial charge is 0.434 e. The molecule has 0 atom stereocenters. The molecule has 35 heavy (non-hydrogen) atoms. The maximum Gasteiger partial charge on any atom is 0.387 e. The van der Waals surface area contributed by atoms with Gasteiger partial charge in [-0.3, -0.25) is 15.0 Å². The van der Waals surface area contributed by atoms with E-state index in [1.165, 1.54) is 29.3 Å². The van der Waals surface area contributed by atoms with Crippen LogP contribution in [-0.4, -0.2) is 55.9 Å². The van der Waals surface area contributed by atoms with Crippen LogP contribution in [0.25, 0.3) is 16.9 Å². The second-order valence-electron chi connectivity index (χ2n) is 7.02. The summed E-state index contributed by atoms with van der Waals surface area (Å²) in [5.74, 6) is -0.939. The van der Waals surface area contributed by atoms with Gasteiger partial charge in [-0.2, -0.15) is 24.1 Å². The molecule has 178 valence electrons. The van der Waals surface area contributed by atoms with Gasteiger partial charge in [0, 0.05) is 30.4 Å². The number of fused-ring (bicyclic) bond motifs is 1. The molecule has 0 unspecified atom stereocenters. The van der Waals surface area contributed by atoms with Crippen molar-refractivity contribution in [2.24, 2.45) is 0 Å². The molecule has 4 heterocycles. The lowest BCUT2D eigenvalue weighted by Gasteiger charge is -2.13. The van der Waals surface area contributed by atoms with Crippen molar-refractivity contribution in [2.45, 2.75) is 16.4 Å². The van der Waals surface area contributed by atoms with Crippen LogP contribution in [0.4, 0.5) is 14.5 Å². The molecule has 0 saturated heterocycles. The SMILES string of the molecule is O=C(Nc1c[nH]nc1-c1cc(S(=O)(=O)c2cn[nH]c2)ccc1OC(F)F)c1cnn2cccnc12. The van der Waals surface area contributed by atoms with Gasteiger partial charge in [-0.15, -0.1) is 0 Å². The van der Waals surface area contributed by atoms with Crippen molar-refractivity contribution >= 4 is 27.1 Å². The number of amides is 1. The van der Waals surface area contributed by atoms with Gasteiger partial charge in [0.05, 0.1) is 23.0 Å². The molecule has 1 amide bonds. The summed E-state index contributed by atoms with van der Waals surface area (Å²) in [4.78, 5) is 16.7. The minimum atomic E-state index is -4.03. The van der Waals surface area contributed by atoms with Crippen LogP contribution in [0.2, 0.25) is 0 Å². The number of benzene rings is 1. The first-order valence-corrected chi connectivity index (χ1v) is 11.3. The lowest BCUT2D eigenvalue weighted by Crippen LogP contribution is -2.12. The Morgan fingerprint density at radius 3 is 2.77 bits per heavy atom. The van der Waals surface area contributed by atoms with Gasteiger partial charge in [-0.25, -0.2) is 17.9 Å². The van der Waals surface area contributed by atoms with Crippen LogP contribution >= 0.6 is 0 Å². The maximum absolute atomic E-state index is 13.1. The molecule has 0 aliphatic rings. The summed E-state index contributed by atoms with van der Waals surface area (Å²) >= 11 is 0. The zero-order valence-electron chi connectivity index (χ0n) is 17.4. The number of carbonyl (C=O) groups is 1. The fraction of sp³-hybridized carbons (Fsp3) is 0.0500. The van der Waals surface area contributed by atoms with Gasteiger partial charge < -0.3 is 10.1 Å². The van der Waals surface area contributed by atoms with Gasteiger partial charge in [0.25, 0.3) is 5.91 Å². The fourth-order valence-corrected chi connectivity index (χ4v) is 4.54. The standard InChI is InChI=1S/C20H14F2N8O4S/c21-20(22)34-16-3-2-11(35(32,33)12-7-24-25-8-12)6-13(16)17-15(10-26-29-17)28-19(31)14-9-27-30-5-1-4-23-18(14)30/h1-10,20H,(H,24,25)(H,26,29)(H,28,31). The van der Waals surface area contributed by atoms with E-state index in [2.05, 4.69) is 40.5 Å². The second kappa shape index (κ2) is 8.60. The third kappa shape index (κ3) is 4.08. The Morgan fingerprint density at radius 2 is 2.00 bits per heavy atom. The van der Waals surface area contributed by atoms with Crippen LogP contribution in [0.15, 0.2) is 71.2 Å². The molecule has 3 N–H and O–H groups in total. The summed E-state index contributed by atoms with van der Waals surface area (Å²) in [5, 5.41) is 19.3. The Labute approximate surface area is 194 Å². The van der Waals surface area contributed by atoms with Crippen molar-refractivity contribution in [3.05, 3.63) is 67.0 Å². The van der Waals surface area contributed by atoms with Crippen molar-refractivity contribution < 1.29 is 26.7 Å². The van der Waals surface area contributed by atoms with Gasteiger partial charge in [0.2, 0.25) is 9.84 Å². The maximum atomic E-state index is 13.1. The molecule has 15 heteroatoms. The van der Waals surface area contributed by atoms with E-state index in [0.717, 1.165) is 24.4 Å². The molecule has 0 bridgehead atoms. The number of nitrogens with zero attached hydrogens (tertiary/aromatic N) is 5. The number of nitrogens with one attached hydrogen (secondary N) is 3. The van der Waals surface area contributed by atoms with E-state index in [-0.39, 0.29) is 38.0 Å². The summed E-state index contributed by atoms with van der Waals surface area (Å²) in [7, 11) is -4.03. The molecule has 0 aliphatic carbocycles. The van der Waals surface area contributed by atoms with E-state index >= 15 is 0 Å². The van der Waals surface area contributed by atoms with Gasteiger partial charge >= 0.3 is 6.61 Å². The summed E-state index contributed by atoms with van der Waals surface area (Å²) in [6.45, 7) is -3.19. The summed E-state index contributed by atoms with van der Waals surface area (Å²) in [6, 6.07) is 4.98. The third-order valence-corrected chi connectivity index (χ3v) is 6.65. The van der Waals surface area contributed by atoms with Crippen LogP contribution in [0.5, 0.6) is 5.75 Å². The molecule has 1 aromatic carbocycles. The number of ether oxygens (including phenoxy) is 1. The molecule has 5 aromatic rings. The average molecular weight is 500 g/mol. The highest BCUT2D eigenvalue weighted by atomic mass is 32.2. The van der Waals surface area contributed by atoms with Crippen LogP contribution in [-0.2, 0) is 9.84 Å². The van der Waals surface area contributed by atoms with Crippen molar-refractivity contribution in [3.8, 4) is 17.0 Å². The van der Waals surface area contributed by atoms with Crippen molar-refractivity contribution in [3.63, 3.8) is 0 Å². The summed E-state index contributed by atoms with van der Waals surface area (Å²) in [5.41, 5.74) is 0.414. The van der Waals surface area contributed by atoms with Gasteiger partial charge in [-0.05, 0) is 24.3 Å². The number of halogens is 2. The minimum absolute atomic E-state index is 0.0253. The topological polar surface area (TPSA) is 160 Å². The number of aromatic nitrogens is 7. The lowest BCUT2D eigenvalue weighted by atomic mass is 10.1. The van der Waals surface area contributed by atoms with Gasteiger partial charge in [0.1, 0.15) is 21.9 Å². The molecule has 4 aromatic heterocycles. The molecule has 0 fully saturated rings. The lowest BCUT2D eigenvalue weighted by molar-refractivity contribution is -0.0494. The van der Waals surface area contributed by atoms with E-state index in [0.29, 0.717) is 5.65 Å². The Balaban J connectivity index is 1.56. The number of carbonyl (C=O) groups excluding carboxylic acids is 1. The van der Waals surface area contributed by atoms with E-state index < -0.39 is 22.4 Å². The first kappa shape index (κ1) is 22.1. The van der Waals surface area contributed by atoms with Crippen molar-refractivity contribution in [1.29, 1.82) is 0 Å². The van der Waals surface area contributed by atoms with E-state index in [1.54, 1.807) is 12.3 Å². The molecule has 0 radical (unpaired) electrons. The van der Waals surface area contributed by atoms with Crippen molar-refractivity contribution in [1.82, 2.24) is 35.0 Å². The monoisotopic (exact) mass is 500 g/mol. The zero-order valence-corrected chi connectivity index (χ0v) is 18.2. The normalized spacial score (nSPS) is 11.7. The first-order chi connectivity index (χ1) is 16.8. The number of alkyl halides is 2. The Kier molecular flexibility index (Phi) is 5.44. The Hall–Kier alpha value is -4.66. The second-order valence-corrected chi connectivity index (χ2v) is 8.97. The van der Waals surface area contributed by atoms with E-state index in [1.807, 2.05) is 0 Å². The molecular weight excluding hydrogens is 486 g/mol. The first-order valence-electron chi connectivity index (χ1n) is 9.81. The van der Waals surface area contributed by atoms with Crippen LogP contribution < -0.4 is 10.1 Å². The van der Waals surface area contributed by atoms with Crippen LogP contribution in [0.1, 0.15) is 10.4 Å². The van der Waals surface area contributed by atoms with Crippen LogP contribution in [0, 0.1) is 0 Å². The number of H-pyrrole nitrogens is 2. The predicted octanol–water partition coefficient (Wildman–Crippen LogP) is 2.53. The molecule has 0 spiro atoms. The molecule has 0 saturated carbocycles. The molecule has 0 aliphatic heterocycles.